The van der Waals surface area contributed by atoms with E-state index < -0.39 is 0 Å². The molecule has 5 nitrogen and oxygen atoms in total. The van der Waals surface area contributed by atoms with Crippen LogP contribution in [-0.4, -0.2) is 24.1 Å². The fraction of sp³-hybridized carbons (Fsp3) is 0. The second-order valence-corrected chi connectivity index (χ2v) is 15.6. The minimum absolute atomic E-state index is 0.620. The second kappa shape index (κ2) is 14.7. The smallest absolute Gasteiger partial charge is 0.166 e. The van der Waals surface area contributed by atoms with E-state index in [9.17, 15) is 0 Å². The minimum Gasteiger partial charge on any atom is -0.309 e. The minimum atomic E-state index is 0.620. The summed E-state index contributed by atoms with van der Waals surface area (Å²) in [6.07, 6.45) is 0. The average molecular weight is 792 g/mol. The van der Waals surface area contributed by atoms with Crippen LogP contribution in [0.2, 0.25) is 0 Å². The van der Waals surface area contributed by atoms with E-state index in [2.05, 4.69) is 215 Å². The summed E-state index contributed by atoms with van der Waals surface area (Å²) in [6, 6.07) is 79.2. The van der Waals surface area contributed by atoms with Crippen molar-refractivity contribution in [3.8, 4) is 67.8 Å². The van der Waals surface area contributed by atoms with Crippen LogP contribution in [0.15, 0.2) is 224 Å². The van der Waals surface area contributed by atoms with Crippen molar-refractivity contribution in [1.82, 2.24) is 24.1 Å². The molecular formula is C57H37N5. The van der Waals surface area contributed by atoms with Gasteiger partial charge in [-0.3, -0.25) is 0 Å². The van der Waals surface area contributed by atoms with E-state index in [1.165, 1.54) is 38.3 Å². The van der Waals surface area contributed by atoms with Crippen LogP contribution in [0.1, 0.15) is 0 Å². The summed E-state index contributed by atoms with van der Waals surface area (Å²) < 4.78 is 4.69. The summed E-state index contributed by atoms with van der Waals surface area (Å²) in [5, 5.41) is 4.81. The Kier molecular flexibility index (Phi) is 8.42. The molecule has 0 saturated heterocycles. The van der Waals surface area contributed by atoms with Gasteiger partial charge in [0.1, 0.15) is 0 Å². The maximum Gasteiger partial charge on any atom is 0.166 e. The Hall–Kier alpha value is -8.41. The highest BCUT2D eigenvalue weighted by Crippen LogP contribution is 2.39. The average Bonchev–Trinajstić information content (AvgIpc) is 3.88. The predicted octanol–water partition coefficient (Wildman–Crippen LogP) is 14.4. The first-order valence-electron chi connectivity index (χ1n) is 20.9. The van der Waals surface area contributed by atoms with Gasteiger partial charge in [0.05, 0.1) is 22.1 Å². The van der Waals surface area contributed by atoms with Crippen molar-refractivity contribution in [3.05, 3.63) is 224 Å². The molecule has 0 aliphatic heterocycles. The maximum absolute atomic E-state index is 5.27. The van der Waals surface area contributed by atoms with Gasteiger partial charge in [0, 0.05) is 49.6 Å². The molecule has 0 spiro atoms. The SMILES string of the molecule is c1ccc(-c2nc(-c3cccc(-c4ccc(-c5ccc6c(c5)c5ccccc5n6-c5ccccc5)cc4)c3)nc(-c3cccc4c5ccccc5n(-c5ccccc5)c34)n2)cc1. The van der Waals surface area contributed by atoms with E-state index in [-0.39, 0.29) is 0 Å². The highest BCUT2D eigenvalue weighted by atomic mass is 15.0. The molecule has 290 valence electrons. The van der Waals surface area contributed by atoms with E-state index in [0.29, 0.717) is 17.5 Å². The molecule has 0 aliphatic carbocycles. The molecule has 0 saturated carbocycles. The van der Waals surface area contributed by atoms with Crippen LogP contribution < -0.4 is 0 Å². The third kappa shape index (κ3) is 5.98. The number of hydrogen-bond acceptors (Lipinski definition) is 3. The van der Waals surface area contributed by atoms with Crippen LogP contribution in [0, 0.1) is 0 Å². The molecule has 0 radical (unpaired) electrons. The van der Waals surface area contributed by atoms with Gasteiger partial charge in [-0.25, -0.2) is 15.0 Å². The van der Waals surface area contributed by atoms with Gasteiger partial charge >= 0.3 is 0 Å². The van der Waals surface area contributed by atoms with Crippen LogP contribution in [0.4, 0.5) is 0 Å². The Morgan fingerprint density at radius 1 is 0.258 bits per heavy atom. The van der Waals surface area contributed by atoms with E-state index in [0.717, 1.165) is 55.6 Å². The second-order valence-electron chi connectivity index (χ2n) is 15.6. The summed E-state index contributed by atoms with van der Waals surface area (Å²) in [5.41, 5.74) is 14.2. The number of nitrogens with zero attached hydrogens (tertiary/aromatic N) is 5. The third-order valence-corrected chi connectivity index (χ3v) is 12.0. The third-order valence-electron chi connectivity index (χ3n) is 12.0. The lowest BCUT2D eigenvalue weighted by atomic mass is 9.98. The summed E-state index contributed by atoms with van der Waals surface area (Å²) in [4.78, 5) is 15.6. The van der Waals surface area contributed by atoms with Gasteiger partial charge in [-0.15, -0.1) is 0 Å². The maximum atomic E-state index is 5.27. The highest BCUT2D eigenvalue weighted by Gasteiger charge is 2.20. The Morgan fingerprint density at radius 3 is 1.40 bits per heavy atom. The molecule has 0 fully saturated rings. The number of hydrogen-bond donors (Lipinski definition) is 0. The quantitative estimate of drug-likeness (QED) is 0.162. The first-order valence-corrected chi connectivity index (χ1v) is 20.9. The molecule has 3 heterocycles. The highest BCUT2D eigenvalue weighted by molar-refractivity contribution is 6.13. The lowest BCUT2D eigenvalue weighted by Gasteiger charge is -2.13. The monoisotopic (exact) mass is 791 g/mol. The van der Waals surface area contributed by atoms with Crippen LogP contribution in [0.25, 0.3) is 111 Å². The van der Waals surface area contributed by atoms with Crippen molar-refractivity contribution >= 4 is 43.6 Å². The number of fused-ring (bicyclic) bond motifs is 6. The largest absolute Gasteiger partial charge is 0.309 e. The van der Waals surface area contributed by atoms with Crippen molar-refractivity contribution in [2.75, 3.05) is 0 Å². The van der Waals surface area contributed by atoms with E-state index in [1.807, 2.05) is 18.2 Å². The Labute approximate surface area is 358 Å². The first-order chi connectivity index (χ1) is 30.7. The molecule has 0 amide bonds. The van der Waals surface area contributed by atoms with Crippen LogP contribution in [0.5, 0.6) is 0 Å². The van der Waals surface area contributed by atoms with Crippen molar-refractivity contribution in [2.45, 2.75) is 0 Å². The number of aromatic nitrogens is 5. The lowest BCUT2D eigenvalue weighted by Crippen LogP contribution is -2.02. The van der Waals surface area contributed by atoms with Gasteiger partial charge in [0.15, 0.2) is 17.5 Å². The fourth-order valence-electron chi connectivity index (χ4n) is 9.09. The topological polar surface area (TPSA) is 48.5 Å². The lowest BCUT2D eigenvalue weighted by molar-refractivity contribution is 1.07. The summed E-state index contributed by atoms with van der Waals surface area (Å²) >= 11 is 0. The van der Waals surface area contributed by atoms with E-state index in [1.54, 1.807) is 0 Å². The van der Waals surface area contributed by atoms with Crippen molar-refractivity contribution < 1.29 is 0 Å². The predicted molar refractivity (Wildman–Crippen MR) is 256 cm³/mol. The van der Waals surface area contributed by atoms with Crippen molar-refractivity contribution in [2.24, 2.45) is 0 Å². The summed E-state index contributed by atoms with van der Waals surface area (Å²) in [7, 11) is 0. The van der Waals surface area contributed by atoms with E-state index >= 15 is 0 Å². The summed E-state index contributed by atoms with van der Waals surface area (Å²) in [5.74, 6) is 1.87. The molecule has 0 bridgehead atoms. The van der Waals surface area contributed by atoms with Gasteiger partial charge in [-0.2, -0.15) is 0 Å². The van der Waals surface area contributed by atoms with Gasteiger partial charge in [-0.1, -0.05) is 164 Å². The van der Waals surface area contributed by atoms with E-state index in [4.69, 9.17) is 15.0 Å². The standard InChI is InChI=1S/C57H37N5/c1-4-16-40(17-5-1)55-58-56(60-57(59-55)49-27-15-26-48-46-24-10-13-29-52(46)62(54(48)49)45-22-8-3-9-23-45)43-19-14-18-41(36-43)38-30-32-39(33-31-38)42-34-35-53-50(37-42)47-25-11-12-28-51(47)61(53)44-20-6-2-7-21-44/h1-37H. The number of rotatable bonds is 7. The van der Waals surface area contributed by atoms with Gasteiger partial charge in [0.25, 0.3) is 0 Å². The summed E-state index contributed by atoms with van der Waals surface area (Å²) in [6.45, 7) is 0. The molecular weight excluding hydrogens is 755 g/mol. The molecule has 62 heavy (non-hydrogen) atoms. The molecule has 0 aliphatic rings. The molecule has 0 unspecified atom stereocenters. The Bertz CT molecular complexity index is 3610. The first kappa shape index (κ1) is 35.5. The van der Waals surface area contributed by atoms with Gasteiger partial charge < -0.3 is 9.13 Å². The Morgan fingerprint density at radius 2 is 0.710 bits per heavy atom. The molecule has 12 rings (SSSR count). The zero-order valence-corrected chi connectivity index (χ0v) is 33.6. The van der Waals surface area contributed by atoms with Crippen LogP contribution in [-0.2, 0) is 0 Å². The molecule has 9 aromatic carbocycles. The van der Waals surface area contributed by atoms with Crippen LogP contribution in [0.3, 0.4) is 0 Å². The molecule has 0 atom stereocenters. The van der Waals surface area contributed by atoms with Crippen LogP contribution >= 0.6 is 0 Å². The normalized spacial score (nSPS) is 11.5. The zero-order chi connectivity index (χ0) is 41.0. The van der Waals surface area contributed by atoms with Gasteiger partial charge in [0.2, 0.25) is 0 Å². The fourth-order valence-corrected chi connectivity index (χ4v) is 9.09. The Balaban J connectivity index is 0.950. The van der Waals surface area contributed by atoms with Crippen molar-refractivity contribution in [3.63, 3.8) is 0 Å². The molecule has 0 N–H and O–H groups in total. The van der Waals surface area contributed by atoms with Gasteiger partial charge in [-0.05, 0) is 82.9 Å². The van der Waals surface area contributed by atoms with Crippen molar-refractivity contribution in [1.29, 1.82) is 0 Å². The number of benzene rings is 9. The molecule has 3 aromatic heterocycles. The number of para-hydroxylation sites is 5. The molecule has 12 aromatic rings. The molecule has 5 heteroatoms. The zero-order valence-electron chi connectivity index (χ0n) is 33.6.